The molecule has 4 rings (SSSR count). The summed E-state index contributed by atoms with van der Waals surface area (Å²) in [5.74, 6) is 1.70. The smallest absolute Gasteiger partial charge is 0.128 e. The van der Waals surface area contributed by atoms with E-state index in [0.717, 1.165) is 58.0 Å². The first-order valence-electron chi connectivity index (χ1n) is 12.3. The molecule has 35 heavy (non-hydrogen) atoms. The molecule has 0 atom stereocenters. The van der Waals surface area contributed by atoms with Gasteiger partial charge in [0, 0.05) is 30.9 Å². The Morgan fingerprint density at radius 3 is 1.57 bits per heavy atom. The molecule has 0 N–H and O–H groups in total. The van der Waals surface area contributed by atoms with Crippen LogP contribution in [0.5, 0.6) is 11.5 Å². The van der Waals surface area contributed by atoms with Crippen molar-refractivity contribution in [2.75, 3.05) is 32.2 Å². The Labute approximate surface area is 209 Å². The zero-order chi connectivity index (χ0) is 24.6. The number of ether oxygens (including phenoxy) is 2. The predicted molar refractivity (Wildman–Crippen MR) is 146 cm³/mol. The number of anilines is 1. The van der Waals surface area contributed by atoms with Gasteiger partial charge in [0.1, 0.15) is 11.5 Å². The Kier molecular flexibility index (Phi) is 8.04. The summed E-state index contributed by atoms with van der Waals surface area (Å²) < 4.78 is 12.2. The minimum absolute atomic E-state index is 0.670. The van der Waals surface area contributed by atoms with Gasteiger partial charge in [-0.1, -0.05) is 50.2 Å². The number of rotatable bonds is 10. The molecule has 1 heterocycles. The highest BCUT2D eigenvalue weighted by atomic mass is 16.5. The van der Waals surface area contributed by atoms with E-state index in [4.69, 9.17) is 14.5 Å². The molecule has 3 aromatic carbocycles. The standard InChI is InChI=1S/C31H34N2O2/c1-5-19-34-30-13-9-7-11-26(30)28-21-24(23-15-17-25(18-16-23)33(3)4)22-29(32-28)27-12-8-10-14-31(27)35-20-6-2/h7-18,21-22H,5-6,19-20H2,1-4H3. The van der Waals surface area contributed by atoms with Crippen LogP contribution in [-0.2, 0) is 0 Å². The third kappa shape index (κ3) is 5.83. The second kappa shape index (κ2) is 11.6. The van der Waals surface area contributed by atoms with Crippen LogP contribution in [0.15, 0.2) is 84.9 Å². The third-order valence-electron chi connectivity index (χ3n) is 5.79. The van der Waals surface area contributed by atoms with E-state index in [2.05, 4.69) is 81.4 Å². The van der Waals surface area contributed by atoms with Crippen molar-refractivity contribution < 1.29 is 9.47 Å². The molecule has 0 saturated heterocycles. The predicted octanol–water partition coefficient (Wildman–Crippen LogP) is 7.73. The minimum Gasteiger partial charge on any atom is -0.493 e. The molecule has 0 bridgehead atoms. The lowest BCUT2D eigenvalue weighted by atomic mass is 9.99. The van der Waals surface area contributed by atoms with Gasteiger partial charge in [0.15, 0.2) is 0 Å². The number of aromatic nitrogens is 1. The lowest BCUT2D eigenvalue weighted by Crippen LogP contribution is -2.07. The fourth-order valence-corrected chi connectivity index (χ4v) is 3.96. The van der Waals surface area contributed by atoms with Crippen LogP contribution in [0.1, 0.15) is 26.7 Å². The van der Waals surface area contributed by atoms with Crippen molar-refractivity contribution in [3.8, 4) is 45.1 Å². The maximum absolute atomic E-state index is 6.08. The highest BCUT2D eigenvalue weighted by Crippen LogP contribution is 2.37. The van der Waals surface area contributed by atoms with Gasteiger partial charge in [-0.25, -0.2) is 4.98 Å². The van der Waals surface area contributed by atoms with Crippen molar-refractivity contribution in [1.29, 1.82) is 0 Å². The molecular weight excluding hydrogens is 432 g/mol. The molecule has 0 spiro atoms. The summed E-state index contributed by atoms with van der Waals surface area (Å²) in [6.07, 6.45) is 1.90. The monoisotopic (exact) mass is 466 g/mol. The molecule has 4 nitrogen and oxygen atoms in total. The fourth-order valence-electron chi connectivity index (χ4n) is 3.96. The Bertz CT molecular complexity index is 1180. The normalized spacial score (nSPS) is 10.7. The number of hydrogen-bond donors (Lipinski definition) is 0. The number of pyridine rings is 1. The first-order chi connectivity index (χ1) is 17.1. The van der Waals surface area contributed by atoms with Crippen molar-refractivity contribution in [3.63, 3.8) is 0 Å². The van der Waals surface area contributed by atoms with E-state index in [0.29, 0.717) is 13.2 Å². The molecule has 0 saturated carbocycles. The van der Waals surface area contributed by atoms with Crippen molar-refractivity contribution in [2.45, 2.75) is 26.7 Å². The van der Waals surface area contributed by atoms with Gasteiger partial charge in [-0.2, -0.15) is 0 Å². The van der Waals surface area contributed by atoms with Crippen molar-refractivity contribution in [1.82, 2.24) is 4.98 Å². The van der Waals surface area contributed by atoms with Crippen LogP contribution in [0.3, 0.4) is 0 Å². The van der Waals surface area contributed by atoms with Gasteiger partial charge in [-0.3, -0.25) is 0 Å². The van der Waals surface area contributed by atoms with Crippen molar-refractivity contribution in [2.24, 2.45) is 0 Å². The van der Waals surface area contributed by atoms with Crippen molar-refractivity contribution >= 4 is 5.69 Å². The second-order valence-corrected chi connectivity index (χ2v) is 8.76. The van der Waals surface area contributed by atoms with E-state index in [1.54, 1.807) is 0 Å². The largest absolute Gasteiger partial charge is 0.493 e. The zero-order valence-electron chi connectivity index (χ0n) is 21.1. The molecule has 0 unspecified atom stereocenters. The third-order valence-corrected chi connectivity index (χ3v) is 5.79. The summed E-state index contributed by atoms with van der Waals surface area (Å²) in [7, 11) is 4.11. The van der Waals surface area contributed by atoms with Gasteiger partial charge in [-0.05, 0) is 72.5 Å². The van der Waals surface area contributed by atoms with E-state index in [9.17, 15) is 0 Å². The number of para-hydroxylation sites is 2. The van der Waals surface area contributed by atoms with E-state index in [-0.39, 0.29) is 0 Å². The molecule has 180 valence electrons. The van der Waals surface area contributed by atoms with Gasteiger partial charge < -0.3 is 14.4 Å². The average molecular weight is 467 g/mol. The first kappa shape index (κ1) is 24.3. The topological polar surface area (TPSA) is 34.6 Å². The SMILES string of the molecule is CCCOc1ccccc1-c1cc(-c2ccc(N(C)C)cc2)cc(-c2ccccc2OCCC)n1. The molecule has 0 radical (unpaired) electrons. The molecule has 0 fully saturated rings. The molecule has 0 aliphatic carbocycles. The van der Waals surface area contributed by atoms with E-state index >= 15 is 0 Å². The van der Waals surface area contributed by atoms with Gasteiger partial charge in [0.2, 0.25) is 0 Å². The van der Waals surface area contributed by atoms with Gasteiger partial charge in [0.25, 0.3) is 0 Å². The van der Waals surface area contributed by atoms with Crippen LogP contribution < -0.4 is 14.4 Å². The Morgan fingerprint density at radius 2 is 1.11 bits per heavy atom. The highest BCUT2D eigenvalue weighted by Gasteiger charge is 2.15. The molecule has 4 heteroatoms. The number of benzene rings is 3. The maximum atomic E-state index is 6.08. The number of nitrogens with zero attached hydrogens (tertiary/aromatic N) is 2. The van der Waals surface area contributed by atoms with Crippen LogP contribution in [0.4, 0.5) is 5.69 Å². The van der Waals surface area contributed by atoms with E-state index < -0.39 is 0 Å². The quantitative estimate of drug-likeness (QED) is 0.239. The summed E-state index contributed by atoms with van der Waals surface area (Å²) in [5.41, 5.74) is 7.14. The Morgan fingerprint density at radius 1 is 0.629 bits per heavy atom. The molecular formula is C31H34N2O2. The van der Waals surface area contributed by atoms with Crippen molar-refractivity contribution in [3.05, 3.63) is 84.9 Å². The molecule has 0 aliphatic heterocycles. The van der Waals surface area contributed by atoms with Crippen LogP contribution in [0.2, 0.25) is 0 Å². The maximum Gasteiger partial charge on any atom is 0.128 e. The number of hydrogen-bond acceptors (Lipinski definition) is 4. The summed E-state index contributed by atoms with van der Waals surface area (Å²) in [6, 6.07) is 29.2. The Balaban J connectivity index is 1.88. The Hall–Kier alpha value is -3.79. The minimum atomic E-state index is 0.670. The van der Waals surface area contributed by atoms with E-state index in [1.165, 1.54) is 5.69 Å². The lowest BCUT2D eigenvalue weighted by Gasteiger charge is -2.16. The van der Waals surface area contributed by atoms with Crippen LogP contribution in [0.25, 0.3) is 33.6 Å². The fraction of sp³-hybridized carbons (Fsp3) is 0.258. The van der Waals surface area contributed by atoms with Gasteiger partial charge >= 0.3 is 0 Å². The lowest BCUT2D eigenvalue weighted by molar-refractivity contribution is 0.318. The van der Waals surface area contributed by atoms with Gasteiger partial charge in [0.05, 0.1) is 24.6 Å². The van der Waals surface area contributed by atoms with Gasteiger partial charge in [-0.15, -0.1) is 0 Å². The molecule has 4 aromatic rings. The second-order valence-electron chi connectivity index (χ2n) is 8.76. The summed E-state index contributed by atoms with van der Waals surface area (Å²) in [4.78, 5) is 7.22. The molecule has 0 aliphatic rings. The summed E-state index contributed by atoms with van der Waals surface area (Å²) in [5, 5.41) is 0. The zero-order valence-corrected chi connectivity index (χ0v) is 21.1. The van der Waals surface area contributed by atoms with Crippen LogP contribution in [0, 0.1) is 0 Å². The molecule has 1 aromatic heterocycles. The first-order valence-corrected chi connectivity index (χ1v) is 12.3. The average Bonchev–Trinajstić information content (AvgIpc) is 2.91. The van der Waals surface area contributed by atoms with E-state index in [1.807, 2.05) is 36.4 Å². The summed E-state index contributed by atoms with van der Waals surface area (Å²) in [6.45, 7) is 5.57. The van der Waals surface area contributed by atoms with Crippen LogP contribution >= 0.6 is 0 Å². The van der Waals surface area contributed by atoms with Crippen LogP contribution in [-0.4, -0.2) is 32.3 Å². The summed E-state index contributed by atoms with van der Waals surface area (Å²) >= 11 is 0. The highest BCUT2D eigenvalue weighted by molar-refractivity contribution is 5.80. The molecule has 0 amide bonds.